The number of carbonyl (C=O) groups excluding carboxylic acids is 2. The number of amides is 2. The molecule has 1 atom stereocenters. The highest BCUT2D eigenvalue weighted by Gasteiger charge is 2.35. The smallest absolute Gasteiger partial charge is 0.240 e. The van der Waals surface area contributed by atoms with Gasteiger partial charge in [0.15, 0.2) is 0 Å². The standard InChI is InChI=1S/C8H14N2O2S/c9-8(12)6-3-4-10(6)7(11)2-1-5-13/h6,13H,1-5H2,(H2,9,12). The Labute approximate surface area is 82.9 Å². The van der Waals surface area contributed by atoms with E-state index >= 15 is 0 Å². The summed E-state index contributed by atoms with van der Waals surface area (Å²) in [6.07, 6.45) is 1.93. The number of thiol groups is 1. The lowest BCUT2D eigenvalue weighted by molar-refractivity contribution is -0.146. The van der Waals surface area contributed by atoms with E-state index in [2.05, 4.69) is 12.6 Å². The molecule has 2 amide bonds. The Hall–Kier alpha value is -0.710. The number of nitrogens with two attached hydrogens (primary N) is 1. The van der Waals surface area contributed by atoms with Crippen molar-refractivity contribution in [3.05, 3.63) is 0 Å². The van der Waals surface area contributed by atoms with Gasteiger partial charge in [-0.15, -0.1) is 0 Å². The Balaban J connectivity index is 2.35. The average molecular weight is 202 g/mol. The SMILES string of the molecule is NC(=O)C1CCN1C(=O)CCCS. The number of hydrogen-bond donors (Lipinski definition) is 2. The Morgan fingerprint density at radius 2 is 2.23 bits per heavy atom. The van der Waals surface area contributed by atoms with E-state index in [-0.39, 0.29) is 11.9 Å². The van der Waals surface area contributed by atoms with Gasteiger partial charge in [0.25, 0.3) is 0 Å². The van der Waals surface area contributed by atoms with Crippen LogP contribution in [0.5, 0.6) is 0 Å². The summed E-state index contributed by atoms with van der Waals surface area (Å²) in [5.74, 6) is 0.315. The number of hydrogen-bond acceptors (Lipinski definition) is 3. The van der Waals surface area contributed by atoms with E-state index in [1.165, 1.54) is 0 Å². The van der Waals surface area contributed by atoms with Crippen LogP contribution >= 0.6 is 12.6 Å². The van der Waals surface area contributed by atoms with Crippen LogP contribution in [0.25, 0.3) is 0 Å². The van der Waals surface area contributed by atoms with Crippen LogP contribution in [0, 0.1) is 0 Å². The molecule has 1 saturated heterocycles. The molecule has 74 valence electrons. The van der Waals surface area contributed by atoms with Crippen LogP contribution in [0.1, 0.15) is 19.3 Å². The predicted molar refractivity (Wildman–Crippen MR) is 52.4 cm³/mol. The van der Waals surface area contributed by atoms with E-state index in [1.54, 1.807) is 4.90 Å². The molecule has 1 aliphatic rings. The largest absolute Gasteiger partial charge is 0.368 e. The van der Waals surface area contributed by atoms with Crippen molar-refractivity contribution < 1.29 is 9.59 Å². The van der Waals surface area contributed by atoms with Crippen LogP contribution in [0.2, 0.25) is 0 Å². The Kier molecular flexibility index (Phi) is 3.59. The molecule has 2 N–H and O–H groups in total. The van der Waals surface area contributed by atoms with Crippen LogP contribution < -0.4 is 5.73 Å². The van der Waals surface area contributed by atoms with Crippen molar-refractivity contribution >= 4 is 24.4 Å². The second-order valence-electron chi connectivity index (χ2n) is 3.12. The molecule has 0 aromatic carbocycles. The van der Waals surface area contributed by atoms with E-state index in [9.17, 15) is 9.59 Å². The van der Waals surface area contributed by atoms with Gasteiger partial charge in [-0.3, -0.25) is 9.59 Å². The summed E-state index contributed by atoms with van der Waals surface area (Å²) in [6.45, 7) is 0.666. The fourth-order valence-electron chi connectivity index (χ4n) is 1.36. The molecule has 0 radical (unpaired) electrons. The fraction of sp³-hybridized carbons (Fsp3) is 0.750. The van der Waals surface area contributed by atoms with E-state index in [0.717, 1.165) is 6.42 Å². The molecule has 1 rings (SSSR count). The van der Waals surface area contributed by atoms with Crippen LogP contribution in [0.3, 0.4) is 0 Å². The van der Waals surface area contributed by atoms with Gasteiger partial charge in [0.2, 0.25) is 11.8 Å². The molecule has 4 nitrogen and oxygen atoms in total. The molecule has 0 saturated carbocycles. The summed E-state index contributed by atoms with van der Waals surface area (Å²) >= 11 is 4.01. The quantitative estimate of drug-likeness (QED) is 0.619. The van der Waals surface area contributed by atoms with E-state index < -0.39 is 5.91 Å². The van der Waals surface area contributed by atoms with Crippen molar-refractivity contribution in [2.75, 3.05) is 12.3 Å². The van der Waals surface area contributed by atoms with Crippen molar-refractivity contribution in [3.8, 4) is 0 Å². The summed E-state index contributed by atoms with van der Waals surface area (Å²) in [4.78, 5) is 23.7. The topological polar surface area (TPSA) is 63.4 Å². The number of rotatable bonds is 4. The zero-order valence-corrected chi connectivity index (χ0v) is 8.30. The maximum Gasteiger partial charge on any atom is 0.240 e. The first kappa shape index (κ1) is 10.4. The monoisotopic (exact) mass is 202 g/mol. The van der Waals surface area contributed by atoms with E-state index in [0.29, 0.717) is 25.1 Å². The van der Waals surface area contributed by atoms with Crippen molar-refractivity contribution in [1.82, 2.24) is 4.90 Å². The molecule has 1 fully saturated rings. The van der Waals surface area contributed by atoms with Crippen molar-refractivity contribution in [2.45, 2.75) is 25.3 Å². The third-order valence-electron chi connectivity index (χ3n) is 2.22. The molecule has 1 heterocycles. The summed E-state index contributed by atoms with van der Waals surface area (Å²) in [5.41, 5.74) is 5.11. The fourth-order valence-corrected chi connectivity index (χ4v) is 1.51. The van der Waals surface area contributed by atoms with Gasteiger partial charge in [0.05, 0.1) is 0 Å². The van der Waals surface area contributed by atoms with Crippen molar-refractivity contribution in [3.63, 3.8) is 0 Å². The lowest BCUT2D eigenvalue weighted by Crippen LogP contribution is -2.57. The molecular weight excluding hydrogens is 188 g/mol. The zero-order valence-electron chi connectivity index (χ0n) is 7.40. The third kappa shape index (κ3) is 2.37. The van der Waals surface area contributed by atoms with E-state index in [1.807, 2.05) is 0 Å². The molecule has 1 unspecified atom stereocenters. The molecular formula is C8H14N2O2S. The first-order valence-corrected chi connectivity index (χ1v) is 4.99. The highest BCUT2D eigenvalue weighted by molar-refractivity contribution is 7.80. The Morgan fingerprint density at radius 3 is 2.62 bits per heavy atom. The lowest BCUT2D eigenvalue weighted by atomic mass is 10.0. The summed E-state index contributed by atoms with van der Waals surface area (Å²) in [7, 11) is 0. The minimum absolute atomic E-state index is 0.0177. The first-order valence-electron chi connectivity index (χ1n) is 4.36. The summed E-state index contributed by atoms with van der Waals surface area (Å²) in [6, 6.07) is -0.354. The van der Waals surface area contributed by atoms with Gasteiger partial charge < -0.3 is 10.6 Å². The van der Waals surface area contributed by atoms with Crippen molar-refractivity contribution in [1.29, 1.82) is 0 Å². The first-order chi connectivity index (χ1) is 6.16. The van der Waals surface area contributed by atoms with E-state index in [4.69, 9.17) is 5.73 Å². The minimum atomic E-state index is -0.398. The highest BCUT2D eigenvalue weighted by atomic mass is 32.1. The van der Waals surface area contributed by atoms with Gasteiger partial charge in [-0.2, -0.15) is 12.6 Å². The number of likely N-dealkylation sites (tertiary alicyclic amines) is 1. The zero-order chi connectivity index (χ0) is 9.84. The minimum Gasteiger partial charge on any atom is -0.368 e. The lowest BCUT2D eigenvalue weighted by Gasteiger charge is -2.38. The van der Waals surface area contributed by atoms with Gasteiger partial charge in [-0.25, -0.2) is 0 Å². The average Bonchev–Trinajstić information content (AvgIpc) is 1.97. The van der Waals surface area contributed by atoms with Gasteiger partial charge in [-0.1, -0.05) is 0 Å². The maximum atomic E-state index is 11.4. The number of primary amides is 1. The van der Waals surface area contributed by atoms with Crippen LogP contribution in [-0.4, -0.2) is 35.1 Å². The predicted octanol–water partition coefficient (Wildman–Crippen LogP) is -0.217. The van der Waals surface area contributed by atoms with Gasteiger partial charge in [0.1, 0.15) is 6.04 Å². The molecule has 0 aromatic heterocycles. The molecule has 0 spiro atoms. The highest BCUT2D eigenvalue weighted by Crippen LogP contribution is 2.18. The molecule has 13 heavy (non-hydrogen) atoms. The maximum absolute atomic E-state index is 11.4. The summed E-state index contributed by atoms with van der Waals surface area (Å²) < 4.78 is 0. The third-order valence-corrected chi connectivity index (χ3v) is 2.53. The van der Waals surface area contributed by atoms with Gasteiger partial charge in [-0.05, 0) is 18.6 Å². The number of carbonyl (C=O) groups is 2. The molecule has 0 aliphatic carbocycles. The molecule has 0 bridgehead atoms. The Morgan fingerprint density at radius 1 is 1.54 bits per heavy atom. The Bertz CT molecular complexity index is 220. The van der Waals surface area contributed by atoms with Crippen molar-refractivity contribution in [2.24, 2.45) is 5.73 Å². The number of nitrogens with zero attached hydrogens (tertiary/aromatic N) is 1. The van der Waals surface area contributed by atoms with Crippen LogP contribution in [-0.2, 0) is 9.59 Å². The molecule has 1 aliphatic heterocycles. The van der Waals surface area contributed by atoms with Crippen LogP contribution in [0.15, 0.2) is 0 Å². The van der Waals surface area contributed by atoms with Gasteiger partial charge >= 0.3 is 0 Å². The normalized spacial score (nSPS) is 21.0. The second-order valence-corrected chi connectivity index (χ2v) is 3.57. The molecule has 5 heteroatoms. The van der Waals surface area contributed by atoms with Crippen LogP contribution in [0.4, 0.5) is 0 Å². The second kappa shape index (κ2) is 4.50. The summed E-state index contributed by atoms with van der Waals surface area (Å²) in [5, 5.41) is 0. The molecule has 0 aromatic rings. The van der Waals surface area contributed by atoms with Gasteiger partial charge in [0, 0.05) is 13.0 Å².